The fourth-order valence-electron chi connectivity index (χ4n) is 2.45. The Bertz CT molecular complexity index is 626. The molecule has 0 spiro atoms. The molecule has 25 heavy (non-hydrogen) atoms. The van der Waals surface area contributed by atoms with E-state index in [0.717, 1.165) is 5.75 Å². The molecule has 1 aromatic rings. The van der Waals surface area contributed by atoms with Gasteiger partial charge in [-0.2, -0.15) is 11.8 Å². The second-order valence-electron chi connectivity index (χ2n) is 5.36. The van der Waals surface area contributed by atoms with Gasteiger partial charge in [0.15, 0.2) is 0 Å². The van der Waals surface area contributed by atoms with Crippen LogP contribution in [-0.2, 0) is 14.3 Å². The fraction of sp³-hybridized carbons (Fsp3) is 0.533. The van der Waals surface area contributed by atoms with E-state index in [1.807, 2.05) is 6.26 Å². The van der Waals surface area contributed by atoms with Crippen molar-refractivity contribution < 1.29 is 19.1 Å². The van der Waals surface area contributed by atoms with Crippen molar-refractivity contribution in [1.82, 2.24) is 5.32 Å². The number of hydrogen-bond acceptors (Lipinski definition) is 7. The molecule has 1 aliphatic heterocycles. The molecule has 1 aliphatic rings. The Kier molecular flexibility index (Phi) is 8.70. The van der Waals surface area contributed by atoms with E-state index in [1.54, 1.807) is 23.2 Å². The lowest BCUT2D eigenvalue weighted by Crippen LogP contribution is -2.48. The number of halogens is 1. The van der Waals surface area contributed by atoms with E-state index in [2.05, 4.69) is 5.32 Å². The van der Waals surface area contributed by atoms with Crippen molar-refractivity contribution in [2.75, 3.05) is 30.6 Å². The third-order valence-corrected chi connectivity index (χ3v) is 5.37. The normalized spacial score (nSPS) is 17.8. The van der Waals surface area contributed by atoms with Gasteiger partial charge in [-0.25, -0.2) is 4.79 Å². The number of nitrogens with zero attached hydrogens (tertiary/aromatic N) is 1. The zero-order valence-corrected chi connectivity index (χ0v) is 16.5. The van der Waals surface area contributed by atoms with Crippen molar-refractivity contribution in [3.05, 3.63) is 17.0 Å². The second-order valence-corrected chi connectivity index (χ2v) is 7.24. The number of nitrogens with two attached hydrogens (primary N) is 1. The molecular weight excluding hydrogens is 386 g/mol. The molecular formula is C15H22ClN3O4S2. The minimum absolute atomic E-state index is 0. The van der Waals surface area contributed by atoms with E-state index < -0.39 is 18.1 Å². The summed E-state index contributed by atoms with van der Waals surface area (Å²) in [6.45, 7) is 0.439. The standard InChI is InChI=1S/C15H21N3O4S2.ClH/c1-22-15(21)9-4-8-24-14(9)18-6-3-11(13(18)20)17-12(19)10(16)5-7-23-2;/h4,8,10-11H,3,5-7,16H2,1-2H3,(H,17,19);1H/t10-,11?;/m0./s1. The van der Waals surface area contributed by atoms with Crippen molar-refractivity contribution >= 4 is 58.3 Å². The van der Waals surface area contributed by atoms with Crippen LogP contribution in [-0.4, -0.2) is 55.5 Å². The summed E-state index contributed by atoms with van der Waals surface area (Å²) >= 11 is 2.91. The highest BCUT2D eigenvalue weighted by Gasteiger charge is 2.36. The number of anilines is 1. The molecule has 7 nitrogen and oxygen atoms in total. The van der Waals surface area contributed by atoms with Gasteiger partial charge in [0.05, 0.1) is 18.7 Å². The molecule has 0 radical (unpaired) electrons. The average molecular weight is 408 g/mol. The molecule has 3 N–H and O–H groups in total. The van der Waals surface area contributed by atoms with Gasteiger partial charge in [0, 0.05) is 6.54 Å². The van der Waals surface area contributed by atoms with Gasteiger partial charge in [0.2, 0.25) is 11.8 Å². The Hall–Kier alpha value is -1.29. The van der Waals surface area contributed by atoms with Gasteiger partial charge in [0.1, 0.15) is 11.0 Å². The molecule has 2 heterocycles. The van der Waals surface area contributed by atoms with Crippen LogP contribution < -0.4 is 16.0 Å². The molecule has 2 amide bonds. The molecule has 0 aromatic carbocycles. The molecule has 2 rings (SSSR count). The van der Waals surface area contributed by atoms with E-state index in [9.17, 15) is 14.4 Å². The van der Waals surface area contributed by atoms with Crippen LogP contribution in [0.1, 0.15) is 23.2 Å². The first-order chi connectivity index (χ1) is 11.5. The summed E-state index contributed by atoms with van der Waals surface area (Å²) in [6.07, 6.45) is 3.00. The summed E-state index contributed by atoms with van der Waals surface area (Å²) in [7, 11) is 1.30. The van der Waals surface area contributed by atoms with Crippen LogP contribution in [0.15, 0.2) is 11.4 Å². The highest BCUT2D eigenvalue weighted by molar-refractivity contribution is 7.98. The Balaban J connectivity index is 0.00000312. The predicted octanol–water partition coefficient (Wildman–Crippen LogP) is 1.26. The summed E-state index contributed by atoms with van der Waals surface area (Å²) in [5.41, 5.74) is 6.19. The number of nitrogens with one attached hydrogen (secondary N) is 1. The Morgan fingerprint density at radius 3 is 2.92 bits per heavy atom. The first-order valence-corrected chi connectivity index (χ1v) is 9.79. The lowest BCUT2D eigenvalue weighted by Gasteiger charge is -2.18. The van der Waals surface area contributed by atoms with Gasteiger partial charge in [0.25, 0.3) is 0 Å². The van der Waals surface area contributed by atoms with Gasteiger partial charge < -0.3 is 20.7 Å². The summed E-state index contributed by atoms with van der Waals surface area (Å²) in [6, 6.07) is 0.403. The highest BCUT2D eigenvalue weighted by Crippen LogP contribution is 2.31. The summed E-state index contributed by atoms with van der Waals surface area (Å²) < 4.78 is 4.73. The number of thioether (sulfide) groups is 1. The van der Waals surface area contributed by atoms with Gasteiger partial charge in [-0.1, -0.05) is 0 Å². The maximum absolute atomic E-state index is 12.6. The number of rotatable bonds is 7. The monoisotopic (exact) mass is 407 g/mol. The smallest absolute Gasteiger partial charge is 0.340 e. The van der Waals surface area contributed by atoms with Gasteiger partial charge in [-0.3, -0.25) is 9.59 Å². The van der Waals surface area contributed by atoms with Crippen LogP contribution in [0.4, 0.5) is 5.00 Å². The molecule has 140 valence electrons. The average Bonchev–Trinajstić information content (AvgIpc) is 3.19. The fourth-order valence-corrected chi connectivity index (χ4v) is 3.86. The molecule has 1 fully saturated rings. The molecule has 10 heteroatoms. The van der Waals surface area contributed by atoms with Crippen molar-refractivity contribution in [1.29, 1.82) is 0 Å². The quantitative estimate of drug-likeness (QED) is 0.660. The minimum Gasteiger partial charge on any atom is -0.465 e. The number of esters is 1. The number of amides is 2. The van der Waals surface area contributed by atoms with E-state index in [0.29, 0.717) is 30.0 Å². The molecule has 1 saturated heterocycles. The SMILES string of the molecule is COC(=O)c1ccsc1N1CCC(NC(=O)[C@@H](N)CCSC)C1=O.Cl. The number of thiophene rings is 1. The van der Waals surface area contributed by atoms with Crippen LogP contribution in [0.25, 0.3) is 0 Å². The maximum atomic E-state index is 12.6. The van der Waals surface area contributed by atoms with Crippen LogP contribution in [0.2, 0.25) is 0 Å². The third-order valence-electron chi connectivity index (χ3n) is 3.79. The third kappa shape index (κ3) is 5.10. The first-order valence-electron chi connectivity index (χ1n) is 7.51. The van der Waals surface area contributed by atoms with Gasteiger partial charge in [-0.15, -0.1) is 23.7 Å². The minimum atomic E-state index is -0.619. The Morgan fingerprint density at radius 1 is 1.56 bits per heavy atom. The van der Waals surface area contributed by atoms with E-state index in [1.165, 1.54) is 23.3 Å². The number of hydrogen-bond donors (Lipinski definition) is 2. The number of carbonyl (C=O) groups is 3. The van der Waals surface area contributed by atoms with Crippen molar-refractivity contribution in [3.8, 4) is 0 Å². The summed E-state index contributed by atoms with van der Waals surface area (Å²) in [5.74, 6) is -0.237. The lowest BCUT2D eigenvalue weighted by molar-refractivity contribution is -0.127. The topological polar surface area (TPSA) is 102 Å². The number of methoxy groups -OCH3 is 1. The molecule has 0 saturated carbocycles. The molecule has 1 unspecified atom stereocenters. The van der Waals surface area contributed by atoms with Crippen LogP contribution in [0.3, 0.4) is 0 Å². The summed E-state index contributed by atoms with van der Waals surface area (Å²) in [4.78, 5) is 37.9. The molecule has 0 aliphatic carbocycles. The van der Waals surface area contributed by atoms with Gasteiger partial charge in [-0.05, 0) is 36.3 Å². The van der Waals surface area contributed by atoms with Gasteiger partial charge >= 0.3 is 5.97 Å². The highest BCUT2D eigenvalue weighted by atomic mass is 35.5. The Labute approximate surface area is 161 Å². The van der Waals surface area contributed by atoms with E-state index >= 15 is 0 Å². The van der Waals surface area contributed by atoms with Crippen LogP contribution >= 0.6 is 35.5 Å². The predicted molar refractivity (Wildman–Crippen MR) is 103 cm³/mol. The Morgan fingerprint density at radius 2 is 2.28 bits per heavy atom. The van der Waals surface area contributed by atoms with Crippen LogP contribution in [0.5, 0.6) is 0 Å². The number of carbonyl (C=O) groups excluding carboxylic acids is 3. The first kappa shape index (κ1) is 21.8. The zero-order valence-electron chi connectivity index (χ0n) is 14.0. The molecule has 0 bridgehead atoms. The zero-order chi connectivity index (χ0) is 17.7. The van der Waals surface area contributed by atoms with Crippen molar-refractivity contribution in [2.24, 2.45) is 5.73 Å². The molecule has 1 aromatic heterocycles. The second kappa shape index (κ2) is 10.0. The lowest BCUT2D eigenvalue weighted by atomic mass is 10.2. The molecule has 2 atom stereocenters. The number of ether oxygens (including phenoxy) is 1. The maximum Gasteiger partial charge on any atom is 0.340 e. The van der Waals surface area contributed by atoms with Crippen molar-refractivity contribution in [2.45, 2.75) is 24.9 Å². The summed E-state index contributed by atoms with van der Waals surface area (Å²) in [5, 5.41) is 5.00. The van der Waals surface area contributed by atoms with Crippen LogP contribution in [0, 0.1) is 0 Å². The largest absolute Gasteiger partial charge is 0.465 e. The van der Waals surface area contributed by atoms with E-state index in [4.69, 9.17) is 10.5 Å². The van der Waals surface area contributed by atoms with E-state index in [-0.39, 0.29) is 24.2 Å². The van der Waals surface area contributed by atoms with Crippen molar-refractivity contribution in [3.63, 3.8) is 0 Å².